The molecule has 90 heavy (non-hydrogen) atoms. The molecule has 3 heterocycles. The second-order valence-corrected chi connectivity index (χ2v) is 22.0. The Morgan fingerprint density at radius 3 is 0.500 bits per heavy atom. The van der Waals surface area contributed by atoms with Crippen molar-refractivity contribution in [2.75, 3.05) is 39.6 Å². The van der Waals surface area contributed by atoms with Gasteiger partial charge in [-0.2, -0.15) is 30.7 Å². The quantitative estimate of drug-likeness (QED) is 0.149. The molecule has 0 unspecified atom stereocenters. The molecule has 0 spiro atoms. The highest BCUT2D eigenvalue weighted by Gasteiger charge is 2.13. The van der Waals surface area contributed by atoms with E-state index in [4.69, 9.17) is 28.4 Å². The molecule has 12 heteroatoms. The first-order chi connectivity index (χ1) is 44.5. The van der Waals surface area contributed by atoms with Crippen molar-refractivity contribution in [1.82, 2.24) is 0 Å². The lowest BCUT2D eigenvalue weighted by atomic mass is 10.1. The zero-order chi connectivity index (χ0) is 60.5. The number of rotatable bonds is 0. The topological polar surface area (TPSA) is 130 Å². The maximum absolute atomic E-state index is 6.14. The molecule has 15 rings (SSSR count). The fourth-order valence-corrected chi connectivity index (χ4v) is 11.2. The average Bonchev–Trinajstić information content (AvgIpc) is 3.18. The van der Waals surface area contributed by atoms with Crippen molar-refractivity contribution in [2.24, 2.45) is 30.7 Å². The molecular weight excluding hydrogens is 1120 g/mol. The van der Waals surface area contributed by atoms with E-state index in [0.29, 0.717) is 39.6 Å². The Bertz CT molecular complexity index is 3820. The van der Waals surface area contributed by atoms with Gasteiger partial charge < -0.3 is 28.4 Å². The van der Waals surface area contributed by atoms with Crippen molar-refractivity contribution in [3.05, 3.63) is 288 Å². The van der Waals surface area contributed by atoms with E-state index in [-0.39, 0.29) is 0 Å². The lowest BCUT2D eigenvalue weighted by molar-refractivity contribution is 0.322. The van der Waals surface area contributed by atoms with E-state index in [9.17, 15) is 0 Å². The summed E-state index contributed by atoms with van der Waals surface area (Å²) < 4.78 is 36.8. The van der Waals surface area contributed by atoms with Crippen molar-refractivity contribution >= 4 is 66.4 Å². The fourth-order valence-electron chi connectivity index (χ4n) is 11.2. The van der Waals surface area contributed by atoms with Crippen molar-refractivity contribution < 1.29 is 28.4 Å². The summed E-state index contributed by atoms with van der Waals surface area (Å²) in [5.74, 6) is 5.26. The van der Waals surface area contributed by atoms with E-state index in [1.165, 1.54) is 33.4 Å². The van der Waals surface area contributed by atoms with E-state index in [1.54, 1.807) is 0 Å². The Kier molecular flexibility index (Phi) is 18.5. The lowest BCUT2D eigenvalue weighted by Gasteiger charge is -2.13. The second kappa shape index (κ2) is 28.7. The molecule has 0 saturated carbocycles. The first kappa shape index (κ1) is 58.1. The van der Waals surface area contributed by atoms with Crippen LogP contribution in [0.15, 0.2) is 285 Å². The normalized spacial score (nSPS) is 13.9. The van der Waals surface area contributed by atoms with E-state index in [0.717, 1.165) is 139 Å². The molecule has 3 aliphatic rings. The van der Waals surface area contributed by atoms with Crippen LogP contribution in [0.25, 0.3) is 32.3 Å². The molecule has 0 atom stereocenters. The molecule has 0 radical (unpaired) electrons. The summed E-state index contributed by atoms with van der Waals surface area (Å²) in [7, 11) is 0. The summed E-state index contributed by atoms with van der Waals surface area (Å²) >= 11 is 0. The molecule has 444 valence electrons. The van der Waals surface area contributed by atoms with Crippen LogP contribution in [0.4, 0.5) is 34.1 Å². The van der Waals surface area contributed by atoms with Gasteiger partial charge in [-0.3, -0.25) is 0 Å². The number of azo groups is 3. The van der Waals surface area contributed by atoms with Gasteiger partial charge >= 0.3 is 0 Å². The van der Waals surface area contributed by atoms with Crippen molar-refractivity contribution in [1.29, 1.82) is 0 Å². The Balaban J connectivity index is 0.000000124. The third kappa shape index (κ3) is 15.0. The minimum atomic E-state index is 0.590. The highest BCUT2D eigenvalue weighted by Crippen LogP contribution is 2.36. The maximum Gasteiger partial charge on any atom is 0.127 e. The second-order valence-electron chi connectivity index (χ2n) is 22.0. The molecular formula is C78H66N6O6. The number of ether oxygens (including phenoxy) is 6. The van der Waals surface area contributed by atoms with Gasteiger partial charge in [0, 0.05) is 70.8 Å². The highest BCUT2D eigenvalue weighted by atomic mass is 16.5. The Morgan fingerprint density at radius 1 is 0.178 bits per heavy atom. The Hall–Kier alpha value is -11.0. The predicted octanol–water partition coefficient (Wildman–Crippen LogP) is 20.4. The Labute approximate surface area is 523 Å². The van der Waals surface area contributed by atoms with Gasteiger partial charge in [-0.05, 0) is 143 Å². The zero-order valence-corrected chi connectivity index (χ0v) is 49.9. The Morgan fingerprint density at radius 2 is 0.333 bits per heavy atom. The lowest BCUT2D eigenvalue weighted by Crippen LogP contribution is -2.03. The van der Waals surface area contributed by atoms with Crippen LogP contribution in [0, 0.1) is 0 Å². The van der Waals surface area contributed by atoms with Gasteiger partial charge in [0.05, 0.1) is 73.8 Å². The molecule has 0 fully saturated rings. The van der Waals surface area contributed by atoms with E-state index in [1.807, 2.05) is 146 Å². The summed E-state index contributed by atoms with van der Waals surface area (Å²) in [6, 6.07) is 85.6. The zero-order valence-electron chi connectivity index (χ0n) is 49.9. The van der Waals surface area contributed by atoms with Crippen LogP contribution < -0.4 is 28.4 Å². The van der Waals surface area contributed by atoms with Gasteiger partial charge in [0.25, 0.3) is 0 Å². The highest BCUT2D eigenvalue weighted by molar-refractivity contribution is 5.95. The fraction of sp³-hybridized carbons (Fsp3) is 0.154. The standard InChI is InChI=1S/3C26H22N2O2/c3*1-5-19-13-15-29-25-11-3-10-24-23(25)9-4-12-26(24)30-16-14-20-6-2-8-22(18-20)28-27-21(7-1)17-19/h3*1-12,17-18H,13-16H2. The molecule has 12 aromatic rings. The number of hydrogen-bond acceptors (Lipinski definition) is 12. The third-order valence-electron chi connectivity index (χ3n) is 15.7. The van der Waals surface area contributed by atoms with Crippen LogP contribution in [0.2, 0.25) is 0 Å². The largest absolute Gasteiger partial charge is 0.493 e. The first-order valence-corrected chi connectivity index (χ1v) is 30.7. The number of nitrogens with zero attached hydrogens (tertiary/aromatic N) is 6. The van der Waals surface area contributed by atoms with E-state index >= 15 is 0 Å². The molecule has 0 saturated heterocycles. The number of benzene rings is 12. The van der Waals surface area contributed by atoms with E-state index < -0.39 is 0 Å². The number of hydrogen-bond donors (Lipinski definition) is 0. The average molecular weight is 1180 g/mol. The minimum absolute atomic E-state index is 0.590. The van der Waals surface area contributed by atoms with Crippen molar-refractivity contribution in [2.45, 2.75) is 38.5 Å². The molecule has 24 bridgehead atoms. The molecule has 12 aromatic carbocycles. The molecule has 0 aliphatic carbocycles. The smallest absolute Gasteiger partial charge is 0.127 e. The summed E-state index contributed by atoms with van der Waals surface area (Å²) in [6.45, 7) is 3.54. The van der Waals surface area contributed by atoms with Gasteiger partial charge in [-0.25, -0.2) is 0 Å². The minimum Gasteiger partial charge on any atom is -0.493 e. The van der Waals surface area contributed by atoms with Crippen LogP contribution in [0.3, 0.4) is 0 Å². The SMILES string of the molecule is c1cc2cc(c1)N=Nc1cccc(c1)CCOc1cccc3c(cccc13)OCC2.c1cc2cc(c1)N=Nc1cccc(c1)CCOc1cccc3c(cccc13)OCC2.c1cc2cc(c1)N=Nc1cccc(c1)CCOc1cccc3c(cccc13)OCC2. The van der Waals surface area contributed by atoms with Gasteiger partial charge in [0.15, 0.2) is 0 Å². The van der Waals surface area contributed by atoms with Crippen LogP contribution >= 0.6 is 0 Å². The monoisotopic (exact) mass is 1180 g/mol. The maximum atomic E-state index is 6.14. The first-order valence-electron chi connectivity index (χ1n) is 30.7. The predicted molar refractivity (Wildman–Crippen MR) is 358 cm³/mol. The van der Waals surface area contributed by atoms with Gasteiger partial charge in [-0.1, -0.05) is 146 Å². The molecule has 12 nitrogen and oxygen atoms in total. The molecule has 0 N–H and O–H groups in total. The summed E-state index contributed by atoms with van der Waals surface area (Å²) in [4.78, 5) is 0. The molecule has 0 amide bonds. The van der Waals surface area contributed by atoms with Gasteiger partial charge in [0.1, 0.15) is 34.5 Å². The van der Waals surface area contributed by atoms with Crippen LogP contribution in [0.1, 0.15) is 33.4 Å². The van der Waals surface area contributed by atoms with Gasteiger partial charge in [0.2, 0.25) is 0 Å². The van der Waals surface area contributed by atoms with Crippen molar-refractivity contribution in [3.63, 3.8) is 0 Å². The number of fused-ring (bicyclic) bond motifs is 12. The molecule has 0 aromatic heterocycles. The van der Waals surface area contributed by atoms with Crippen LogP contribution in [-0.2, 0) is 38.5 Å². The van der Waals surface area contributed by atoms with Crippen molar-refractivity contribution in [3.8, 4) is 34.5 Å². The summed E-state index contributed by atoms with van der Waals surface area (Å²) in [6.07, 6.45) is 4.78. The molecule has 3 aliphatic heterocycles. The van der Waals surface area contributed by atoms with Crippen LogP contribution in [-0.4, -0.2) is 39.6 Å². The van der Waals surface area contributed by atoms with E-state index in [2.05, 4.69) is 140 Å². The summed E-state index contributed by atoms with van der Waals surface area (Å²) in [5, 5.41) is 32.9. The van der Waals surface area contributed by atoms with Gasteiger partial charge in [-0.15, -0.1) is 0 Å². The summed E-state index contributed by atoms with van der Waals surface area (Å²) in [5.41, 5.74) is 12.1. The van der Waals surface area contributed by atoms with Crippen LogP contribution in [0.5, 0.6) is 34.5 Å². The third-order valence-corrected chi connectivity index (χ3v) is 15.7.